The first kappa shape index (κ1) is 30.9. The van der Waals surface area contributed by atoms with E-state index in [9.17, 15) is 10.1 Å². The average molecular weight is 593 g/mol. The van der Waals surface area contributed by atoms with Crippen molar-refractivity contribution in [2.24, 2.45) is 4.99 Å². The first-order chi connectivity index (χ1) is 20.0. The van der Waals surface area contributed by atoms with Crippen molar-refractivity contribution in [3.05, 3.63) is 70.3 Å². The number of hydrogen-bond acceptors (Lipinski definition) is 10. The SMILES string of the molecule is C=N/C(=C\C=C(/C)Nc1nc(Oc2cccc([N+](=O)[O-])c2)c2ccn(COCC[Si](C)(C)C)c2n1)N1CCN(C)CC1. The Bertz CT molecular complexity index is 1470. The lowest BCUT2D eigenvalue weighted by atomic mass is 10.3. The fourth-order valence-electron chi connectivity index (χ4n) is 4.30. The zero-order chi connectivity index (χ0) is 30.3. The Kier molecular flexibility index (Phi) is 10.1. The van der Waals surface area contributed by atoms with Gasteiger partial charge in [0.1, 0.15) is 18.3 Å². The van der Waals surface area contributed by atoms with Gasteiger partial charge in [-0.2, -0.15) is 9.97 Å². The summed E-state index contributed by atoms with van der Waals surface area (Å²) in [5, 5.41) is 15.2. The molecule has 1 fully saturated rings. The number of hydrogen-bond donors (Lipinski definition) is 1. The van der Waals surface area contributed by atoms with Gasteiger partial charge in [-0.25, -0.2) is 4.99 Å². The Morgan fingerprint density at radius 3 is 2.64 bits per heavy atom. The minimum atomic E-state index is -1.22. The van der Waals surface area contributed by atoms with Crippen LogP contribution in [0.3, 0.4) is 0 Å². The maximum Gasteiger partial charge on any atom is 0.273 e. The van der Waals surface area contributed by atoms with Gasteiger partial charge in [-0.1, -0.05) is 25.7 Å². The van der Waals surface area contributed by atoms with Crippen LogP contribution in [0.1, 0.15) is 6.92 Å². The Morgan fingerprint density at radius 2 is 1.95 bits per heavy atom. The van der Waals surface area contributed by atoms with Crippen LogP contribution in [-0.4, -0.2) is 83.9 Å². The van der Waals surface area contributed by atoms with Crippen LogP contribution in [-0.2, 0) is 11.5 Å². The van der Waals surface area contributed by atoms with Crippen molar-refractivity contribution in [3.63, 3.8) is 0 Å². The molecule has 0 bridgehead atoms. The molecule has 0 amide bonds. The lowest BCUT2D eigenvalue weighted by Gasteiger charge is -2.33. The molecular weight excluding hydrogens is 552 g/mol. The number of non-ortho nitro benzene ring substituents is 1. The van der Waals surface area contributed by atoms with E-state index in [-0.39, 0.29) is 11.6 Å². The number of rotatable bonds is 13. The van der Waals surface area contributed by atoms with Crippen LogP contribution in [0.2, 0.25) is 25.7 Å². The van der Waals surface area contributed by atoms with Gasteiger partial charge in [-0.3, -0.25) is 10.1 Å². The van der Waals surface area contributed by atoms with Crippen molar-refractivity contribution in [1.82, 2.24) is 24.3 Å². The molecule has 1 N–H and O–H groups in total. The molecule has 4 rings (SSSR count). The summed E-state index contributed by atoms with van der Waals surface area (Å²) in [5.74, 6) is 1.70. The standard InChI is InChI=1S/C29H40N8O4Si/c1-22(10-11-26(30-2)35-16-14-34(3)15-17-35)31-29-32-27-25(12-13-36(27)21-40-18-19-42(4,5)6)28(33-29)41-24-9-7-8-23(20-24)37(38)39/h7-13,20H,2,14-19,21H2,1,3-6H3,(H,31,32,33)/b22-10+,26-11+. The van der Waals surface area contributed by atoms with Crippen molar-refractivity contribution in [2.45, 2.75) is 39.3 Å². The first-order valence-corrected chi connectivity index (χ1v) is 17.7. The molecule has 0 saturated carbocycles. The van der Waals surface area contributed by atoms with Crippen LogP contribution in [0.25, 0.3) is 11.0 Å². The quantitative estimate of drug-likeness (QED) is 0.0679. The van der Waals surface area contributed by atoms with E-state index in [0.29, 0.717) is 36.1 Å². The van der Waals surface area contributed by atoms with Gasteiger partial charge in [0.15, 0.2) is 5.65 Å². The van der Waals surface area contributed by atoms with E-state index in [2.05, 4.69) is 58.5 Å². The average Bonchev–Trinajstić information content (AvgIpc) is 3.35. The Hall–Kier alpha value is -4.07. The first-order valence-electron chi connectivity index (χ1n) is 13.9. The lowest BCUT2D eigenvalue weighted by molar-refractivity contribution is -0.384. The van der Waals surface area contributed by atoms with Gasteiger partial charge in [0.05, 0.1) is 16.4 Å². The van der Waals surface area contributed by atoms with Crippen LogP contribution in [0, 0.1) is 10.1 Å². The minimum absolute atomic E-state index is 0.0675. The van der Waals surface area contributed by atoms with Gasteiger partial charge in [-0.05, 0) is 51.0 Å². The molecule has 1 aliphatic rings. The summed E-state index contributed by atoms with van der Waals surface area (Å²) >= 11 is 0. The van der Waals surface area contributed by atoms with Gasteiger partial charge in [0, 0.05) is 58.8 Å². The maximum atomic E-state index is 11.3. The minimum Gasteiger partial charge on any atom is -0.438 e. The van der Waals surface area contributed by atoms with E-state index < -0.39 is 13.0 Å². The molecule has 42 heavy (non-hydrogen) atoms. The number of aliphatic imine (C=N–C) groups is 1. The largest absolute Gasteiger partial charge is 0.438 e. The summed E-state index contributed by atoms with van der Waals surface area (Å²) in [5.41, 5.74) is 1.34. The molecular formula is C29H40N8O4Si. The smallest absolute Gasteiger partial charge is 0.273 e. The van der Waals surface area contributed by atoms with E-state index in [1.54, 1.807) is 12.1 Å². The predicted octanol–water partition coefficient (Wildman–Crippen LogP) is 5.55. The number of nitro benzene ring substituents is 1. The number of benzene rings is 1. The number of ether oxygens (including phenoxy) is 2. The monoisotopic (exact) mass is 592 g/mol. The molecule has 2 aromatic heterocycles. The third-order valence-corrected chi connectivity index (χ3v) is 8.54. The zero-order valence-electron chi connectivity index (χ0n) is 25.0. The fourth-order valence-corrected chi connectivity index (χ4v) is 5.06. The van der Waals surface area contributed by atoms with Crippen molar-refractivity contribution < 1.29 is 14.4 Å². The summed E-state index contributed by atoms with van der Waals surface area (Å²) in [6.07, 6.45) is 5.71. The van der Waals surface area contributed by atoms with Crippen LogP contribution in [0.15, 0.2) is 65.2 Å². The molecule has 0 spiro atoms. The topological polar surface area (TPSA) is 123 Å². The molecule has 3 heterocycles. The van der Waals surface area contributed by atoms with E-state index in [4.69, 9.17) is 14.5 Å². The summed E-state index contributed by atoms with van der Waals surface area (Å²) in [6.45, 7) is 17.3. The van der Waals surface area contributed by atoms with Gasteiger partial charge in [0.25, 0.3) is 5.69 Å². The predicted molar refractivity (Wildman–Crippen MR) is 169 cm³/mol. The van der Waals surface area contributed by atoms with E-state index in [1.807, 2.05) is 35.9 Å². The molecule has 1 saturated heterocycles. The number of fused-ring (bicyclic) bond motifs is 1. The molecule has 0 radical (unpaired) electrons. The second-order valence-corrected chi connectivity index (χ2v) is 17.1. The lowest BCUT2D eigenvalue weighted by Crippen LogP contribution is -2.43. The number of aromatic nitrogens is 3. The van der Waals surface area contributed by atoms with Crippen LogP contribution >= 0.6 is 0 Å². The normalized spacial score (nSPS) is 15.2. The zero-order valence-corrected chi connectivity index (χ0v) is 26.0. The Balaban J connectivity index is 1.61. The fraction of sp³-hybridized carbons (Fsp3) is 0.414. The maximum absolute atomic E-state index is 11.3. The van der Waals surface area contributed by atoms with Crippen molar-refractivity contribution in [2.75, 3.05) is 45.2 Å². The highest BCUT2D eigenvalue weighted by Gasteiger charge is 2.18. The van der Waals surface area contributed by atoms with E-state index in [1.165, 1.54) is 12.1 Å². The number of likely N-dealkylation sites (N-methyl/N-ethyl adjacent to an activating group) is 1. The third-order valence-electron chi connectivity index (χ3n) is 6.83. The molecule has 12 nitrogen and oxygen atoms in total. The Morgan fingerprint density at radius 1 is 1.19 bits per heavy atom. The summed E-state index contributed by atoms with van der Waals surface area (Å²) < 4.78 is 14.0. The number of nitrogens with zero attached hydrogens (tertiary/aromatic N) is 7. The second kappa shape index (κ2) is 13.7. The summed E-state index contributed by atoms with van der Waals surface area (Å²) in [6, 6.07) is 8.94. The molecule has 224 valence electrons. The molecule has 3 aromatic rings. The Labute approximate surface area is 247 Å². The highest BCUT2D eigenvalue weighted by molar-refractivity contribution is 6.76. The van der Waals surface area contributed by atoms with Crippen molar-refractivity contribution in [1.29, 1.82) is 0 Å². The molecule has 13 heteroatoms. The second-order valence-electron chi connectivity index (χ2n) is 11.5. The number of allylic oxidation sites excluding steroid dienone is 3. The van der Waals surface area contributed by atoms with Crippen LogP contribution in [0.4, 0.5) is 11.6 Å². The van der Waals surface area contributed by atoms with Crippen LogP contribution in [0.5, 0.6) is 11.6 Å². The molecule has 0 atom stereocenters. The van der Waals surface area contributed by atoms with Crippen LogP contribution < -0.4 is 10.1 Å². The third kappa shape index (κ3) is 8.47. The van der Waals surface area contributed by atoms with E-state index in [0.717, 1.165) is 43.7 Å². The molecule has 1 aliphatic heterocycles. The number of nitro groups is 1. The van der Waals surface area contributed by atoms with Gasteiger partial charge in [0.2, 0.25) is 11.8 Å². The molecule has 1 aromatic carbocycles. The highest BCUT2D eigenvalue weighted by Crippen LogP contribution is 2.31. The highest BCUT2D eigenvalue weighted by atomic mass is 28.3. The summed E-state index contributed by atoms with van der Waals surface area (Å²) in [7, 11) is 0.888. The van der Waals surface area contributed by atoms with Gasteiger partial charge >= 0.3 is 0 Å². The summed E-state index contributed by atoms with van der Waals surface area (Å²) in [4.78, 5) is 28.9. The number of nitrogens with one attached hydrogen (secondary N) is 1. The number of anilines is 1. The van der Waals surface area contributed by atoms with E-state index >= 15 is 0 Å². The van der Waals surface area contributed by atoms with Crippen molar-refractivity contribution in [3.8, 4) is 11.6 Å². The van der Waals surface area contributed by atoms with Gasteiger partial charge < -0.3 is 29.2 Å². The number of piperazine rings is 1. The van der Waals surface area contributed by atoms with Gasteiger partial charge in [-0.15, -0.1) is 0 Å². The van der Waals surface area contributed by atoms with Crippen molar-refractivity contribution >= 4 is 37.5 Å². The molecule has 0 aliphatic carbocycles. The molecule has 0 unspecified atom stereocenters.